The van der Waals surface area contributed by atoms with Crippen LogP contribution in [0.25, 0.3) is 0 Å². The Bertz CT molecular complexity index is 433. The molecule has 1 fully saturated rings. The third kappa shape index (κ3) is 4.72. The SMILES string of the molecule is CC1CCC(C(N)C(=O)Nc2ccc(Br)nc2)CC1.Cl. The van der Waals surface area contributed by atoms with E-state index >= 15 is 0 Å². The molecule has 1 aliphatic carbocycles. The van der Waals surface area contributed by atoms with E-state index < -0.39 is 6.04 Å². The van der Waals surface area contributed by atoms with Crippen molar-refractivity contribution in [2.75, 3.05) is 5.32 Å². The summed E-state index contributed by atoms with van der Waals surface area (Å²) in [4.78, 5) is 16.2. The normalized spacial score (nSPS) is 23.6. The van der Waals surface area contributed by atoms with Crippen molar-refractivity contribution in [3.8, 4) is 0 Å². The lowest BCUT2D eigenvalue weighted by atomic mass is 9.79. The van der Waals surface area contributed by atoms with E-state index in [1.165, 1.54) is 12.8 Å². The maximum Gasteiger partial charge on any atom is 0.241 e. The number of pyridine rings is 1. The molecule has 1 aromatic rings. The van der Waals surface area contributed by atoms with Gasteiger partial charge in [0.25, 0.3) is 0 Å². The molecule has 0 saturated heterocycles. The molecule has 1 unspecified atom stereocenters. The number of halogens is 2. The third-order valence-electron chi connectivity index (χ3n) is 3.87. The van der Waals surface area contributed by atoms with Crippen LogP contribution < -0.4 is 11.1 Å². The quantitative estimate of drug-likeness (QED) is 0.810. The summed E-state index contributed by atoms with van der Waals surface area (Å²) >= 11 is 3.26. The van der Waals surface area contributed by atoms with Gasteiger partial charge in [-0.3, -0.25) is 4.79 Å². The van der Waals surface area contributed by atoms with Crippen LogP contribution in [-0.4, -0.2) is 16.9 Å². The van der Waals surface area contributed by atoms with E-state index in [4.69, 9.17) is 5.73 Å². The zero-order chi connectivity index (χ0) is 13.8. The van der Waals surface area contributed by atoms with E-state index in [1.807, 2.05) is 6.07 Å². The Kier molecular flexibility index (Phi) is 6.92. The van der Waals surface area contributed by atoms with Gasteiger partial charge in [0.05, 0.1) is 17.9 Å². The first-order valence-electron chi connectivity index (χ1n) is 6.74. The largest absolute Gasteiger partial charge is 0.323 e. The van der Waals surface area contributed by atoms with Crippen LogP contribution in [0.15, 0.2) is 22.9 Å². The lowest BCUT2D eigenvalue weighted by molar-refractivity contribution is -0.118. The van der Waals surface area contributed by atoms with Crippen molar-refractivity contribution >= 4 is 39.9 Å². The van der Waals surface area contributed by atoms with Crippen molar-refractivity contribution in [3.63, 3.8) is 0 Å². The molecule has 1 atom stereocenters. The molecule has 0 radical (unpaired) electrons. The molecule has 1 amide bonds. The van der Waals surface area contributed by atoms with E-state index in [0.29, 0.717) is 11.6 Å². The first-order valence-corrected chi connectivity index (χ1v) is 7.53. The van der Waals surface area contributed by atoms with Gasteiger partial charge in [0.2, 0.25) is 5.91 Å². The van der Waals surface area contributed by atoms with Crippen LogP contribution in [0.4, 0.5) is 5.69 Å². The number of nitrogens with zero attached hydrogens (tertiary/aromatic N) is 1. The van der Waals surface area contributed by atoms with Gasteiger partial charge in [0.15, 0.2) is 0 Å². The summed E-state index contributed by atoms with van der Waals surface area (Å²) in [6.45, 7) is 2.26. The Morgan fingerprint density at radius 2 is 2.05 bits per heavy atom. The minimum Gasteiger partial charge on any atom is -0.323 e. The maximum absolute atomic E-state index is 12.1. The molecule has 2 rings (SSSR count). The predicted molar refractivity (Wildman–Crippen MR) is 86.9 cm³/mol. The first kappa shape index (κ1) is 17.4. The summed E-state index contributed by atoms with van der Waals surface area (Å²) in [5.41, 5.74) is 6.76. The van der Waals surface area contributed by atoms with E-state index in [1.54, 1.807) is 12.3 Å². The number of carbonyl (C=O) groups is 1. The van der Waals surface area contributed by atoms with Crippen LogP contribution in [0, 0.1) is 11.8 Å². The lowest BCUT2D eigenvalue weighted by Gasteiger charge is -2.29. The van der Waals surface area contributed by atoms with Crippen molar-refractivity contribution in [1.29, 1.82) is 0 Å². The van der Waals surface area contributed by atoms with Crippen molar-refractivity contribution in [3.05, 3.63) is 22.9 Å². The molecule has 0 aromatic carbocycles. The standard InChI is InChI=1S/C14H20BrN3O.ClH/c1-9-2-4-10(5-3-9)13(16)14(19)18-11-6-7-12(15)17-8-11;/h6-10,13H,2-5,16H2,1H3,(H,18,19);1H. The molecule has 0 bridgehead atoms. The zero-order valence-electron chi connectivity index (χ0n) is 11.5. The minimum absolute atomic E-state index is 0. The lowest BCUT2D eigenvalue weighted by Crippen LogP contribution is -2.43. The molecule has 4 nitrogen and oxygen atoms in total. The smallest absolute Gasteiger partial charge is 0.241 e. The molecule has 0 aliphatic heterocycles. The molecule has 1 heterocycles. The first-order chi connectivity index (χ1) is 9.06. The molecule has 112 valence electrons. The number of amides is 1. The van der Waals surface area contributed by atoms with Crippen LogP contribution in [-0.2, 0) is 4.79 Å². The molecule has 1 aromatic heterocycles. The summed E-state index contributed by atoms with van der Waals surface area (Å²) in [7, 11) is 0. The van der Waals surface area contributed by atoms with Crippen LogP contribution in [0.3, 0.4) is 0 Å². The van der Waals surface area contributed by atoms with E-state index in [9.17, 15) is 4.79 Å². The molecule has 6 heteroatoms. The summed E-state index contributed by atoms with van der Waals surface area (Å²) in [5.74, 6) is 0.963. The Hall–Kier alpha value is -0.650. The molecule has 3 N–H and O–H groups in total. The van der Waals surface area contributed by atoms with E-state index in [-0.39, 0.29) is 18.3 Å². The number of aromatic nitrogens is 1. The molecular formula is C14H21BrClN3O. The summed E-state index contributed by atoms with van der Waals surface area (Å²) in [6.07, 6.45) is 6.07. The Morgan fingerprint density at radius 1 is 1.40 bits per heavy atom. The van der Waals surface area contributed by atoms with Gasteiger partial charge < -0.3 is 11.1 Å². The Morgan fingerprint density at radius 3 is 2.60 bits per heavy atom. The van der Waals surface area contributed by atoms with Crippen molar-refractivity contribution in [2.24, 2.45) is 17.6 Å². The fourth-order valence-electron chi connectivity index (χ4n) is 2.53. The fraction of sp³-hybridized carbons (Fsp3) is 0.571. The van der Waals surface area contributed by atoms with Gasteiger partial charge in [-0.1, -0.05) is 19.8 Å². The number of carbonyl (C=O) groups excluding carboxylic acids is 1. The van der Waals surface area contributed by atoms with Crippen LogP contribution >= 0.6 is 28.3 Å². The van der Waals surface area contributed by atoms with Crippen molar-refractivity contribution in [2.45, 2.75) is 38.6 Å². The monoisotopic (exact) mass is 361 g/mol. The highest BCUT2D eigenvalue weighted by Crippen LogP contribution is 2.30. The highest BCUT2D eigenvalue weighted by atomic mass is 79.9. The highest BCUT2D eigenvalue weighted by Gasteiger charge is 2.28. The second-order valence-corrected chi connectivity index (χ2v) is 6.22. The Balaban J connectivity index is 0.00000200. The van der Waals surface area contributed by atoms with E-state index in [2.05, 4.69) is 33.2 Å². The van der Waals surface area contributed by atoms with Crippen molar-refractivity contribution < 1.29 is 4.79 Å². The predicted octanol–water partition coefficient (Wildman–Crippen LogP) is 3.36. The fourth-order valence-corrected chi connectivity index (χ4v) is 2.77. The molecule has 0 spiro atoms. The average Bonchev–Trinajstić information content (AvgIpc) is 2.41. The highest BCUT2D eigenvalue weighted by molar-refractivity contribution is 9.10. The number of hydrogen-bond donors (Lipinski definition) is 2. The molecule has 1 aliphatic rings. The van der Waals surface area contributed by atoms with Gasteiger partial charge in [-0.25, -0.2) is 4.98 Å². The molecule has 1 saturated carbocycles. The summed E-state index contributed by atoms with van der Waals surface area (Å²) in [5, 5.41) is 2.83. The second-order valence-electron chi connectivity index (χ2n) is 5.40. The van der Waals surface area contributed by atoms with E-state index in [0.717, 1.165) is 23.4 Å². The average molecular weight is 363 g/mol. The van der Waals surface area contributed by atoms with Crippen LogP contribution in [0.1, 0.15) is 32.6 Å². The second kappa shape index (κ2) is 7.96. The molecule has 20 heavy (non-hydrogen) atoms. The molecular weight excluding hydrogens is 342 g/mol. The topological polar surface area (TPSA) is 68.0 Å². The van der Waals surface area contributed by atoms with Gasteiger partial charge in [0, 0.05) is 0 Å². The van der Waals surface area contributed by atoms with Crippen LogP contribution in [0.2, 0.25) is 0 Å². The summed E-state index contributed by atoms with van der Waals surface area (Å²) in [6, 6.07) is 3.18. The number of anilines is 1. The van der Waals surface area contributed by atoms with Gasteiger partial charge in [-0.05, 0) is 52.7 Å². The zero-order valence-corrected chi connectivity index (χ0v) is 13.9. The van der Waals surface area contributed by atoms with Gasteiger partial charge in [-0.2, -0.15) is 0 Å². The third-order valence-corrected chi connectivity index (χ3v) is 4.34. The maximum atomic E-state index is 12.1. The number of nitrogens with two attached hydrogens (primary N) is 1. The number of hydrogen-bond acceptors (Lipinski definition) is 3. The Labute approximate surface area is 134 Å². The number of rotatable bonds is 3. The minimum atomic E-state index is -0.420. The van der Waals surface area contributed by atoms with Crippen LogP contribution in [0.5, 0.6) is 0 Å². The van der Waals surface area contributed by atoms with Gasteiger partial charge in [-0.15, -0.1) is 12.4 Å². The van der Waals surface area contributed by atoms with Gasteiger partial charge >= 0.3 is 0 Å². The summed E-state index contributed by atoms with van der Waals surface area (Å²) < 4.78 is 0.746. The van der Waals surface area contributed by atoms with Gasteiger partial charge in [0.1, 0.15) is 4.60 Å². The van der Waals surface area contributed by atoms with Crippen molar-refractivity contribution in [1.82, 2.24) is 4.98 Å². The number of nitrogens with one attached hydrogen (secondary N) is 1.